The number of amides is 5. The lowest BCUT2D eigenvalue weighted by Crippen LogP contribution is -2.47. The summed E-state index contributed by atoms with van der Waals surface area (Å²) in [6.45, 7) is 7.05. The quantitative estimate of drug-likeness (QED) is 0.0229. The third kappa shape index (κ3) is 19.2. The third-order valence-electron chi connectivity index (χ3n) is 22.9. The van der Waals surface area contributed by atoms with E-state index >= 15 is 0 Å². The highest BCUT2D eigenvalue weighted by Gasteiger charge is 2.30. The maximum absolute atomic E-state index is 13.2. The molecule has 34 heteroatoms. The lowest BCUT2D eigenvalue weighted by Gasteiger charge is -2.32. The molecule has 1 aliphatic heterocycles. The van der Waals surface area contributed by atoms with E-state index in [1.807, 2.05) is 98.0 Å². The van der Waals surface area contributed by atoms with Gasteiger partial charge in [0.1, 0.15) is 63.5 Å². The molecule has 0 unspecified atom stereocenters. The first-order valence-corrected chi connectivity index (χ1v) is 42.2. The van der Waals surface area contributed by atoms with Crippen molar-refractivity contribution in [2.75, 3.05) is 104 Å². The zero-order valence-corrected chi connectivity index (χ0v) is 71.3. The molecule has 3 saturated carbocycles. The van der Waals surface area contributed by atoms with Crippen LogP contribution in [0.4, 0.5) is 34.9 Å². The van der Waals surface area contributed by atoms with Crippen LogP contribution in [0.2, 0.25) is 0 Å². The molecule has 652 valence electrons. The summed E-state index contributed by atoms with van der Waals surface area (Å²) >= 11 is 0. The number of aromatic nitrogens is 11. The van der Waals surface area contributed by atoms with Gasteiger partial charge in [-0.25, -0.2) is 9.97 Å². The highest BCUT2D eigenvalue weighted by molar-refractivity contribution is 6.03. The summed E-state index contributed by atoms with van der Waals surface area (Å²) in [4.78, 5) is 114. The molecule has 11 N–H and O–H groups in total. The van der Waals surface area contributed by atoms with Crippen LogP contribution in [0.1, 0.15) is 137 Å². The van der Waals surface area contributed by atoms with Crippen LogP contribution in [0.3, 0.4) is 0 Å². The summed E-state index contributed by atoms with van der Waals surface area (Å²) < 4.78 is 47.8. The molecule has 4 aliphatic rings. The molecule has 4 fully saturated rings. The number of nitrogens with one attached hydrogen (secondary N) is 8. The number of anilines is 6. The molecule has 0 radical (unpaired) electrons. The highest BCUT2D eigenvalue weighted by atomic mass is 16.5. The van der Waals surface area contributed by atoms with Crippen molar-refractivity contribution in [3.8, 4) is 68.3 Å². The topological polar surface area (TPSA) is 434 Å². The molecule has 14 aromatic rings. The number of methoxy groups -OCH3 is 3. The first kappa shape index (κ1) is 85.2. The highest BCUT2D eigenvalue weighted by Crippen LogP contribution is 2.44. The number of oxazole rings is 2. The Labute approximate surface area is 724 Å². The van der Waals surface area contributed by atoms with Gasteiger partial charge >= 0.3 is 0 Å². The Morgan fingerprint density at radius 1 is 0.500 bits per heavy atom. The molecule has 126 heavy (non-hydrogen) atoms. The number of nitrogens with two attached hydrogens (primary N) is 1. The minimum Gasteiger partial charge on any atom is -0.495 e. The van der Waals surface area contributed by atoms with E-state index in [2.05, 4.69) is 63.5 Å². The number of piperazine rings is 1. The van der Waals surface area contributed by atoms with Crippen LogP contribution in [0.5, 0.6) is 34.9 Å². The molecule has 0 atom stereocenters. The normalized spacial score (nSPS) is 14.4. The van der Waals surface area contributed by atoms with Crippen LogP contribution in [-0.4, -0.2) is 211 Å². The SMILES string of the molecule is CNC(=O)c1ccc(-c2c[nH]c3nc(Nc4ccc(C(=O)NCCO)cc4OC)nc(OC4CCCC4)c23)cc1.COc1cc(C(=O)N(C)CCC(N)=O)ccc1Nc1nc(OC2CCCC2)c2c(-c3ccc4nc(C)oc4c3)c[nH]c2n1.COc1cc(C(=O)N2CCN(C)CC2)ccc1Nc1nc(OC2CCCC2)c2c(-c3ccc4nc(C)oc4c3)c[nH]c2n1. The van der Waals surface area contributed by atoms with Crippen LogP contribution >= 0.6 is 0 Å². The predicted octanol–water partition coefficient (Wildman–Crippen LogP) is 14.4. The number of carbonyl (C=O) groups is 5. The summed E-state index contributed by atoms with van der Waals surface area (Å²) in [6.07, 6.45) is 18.6. The Bertz CT molecular complexity index is 6330. The number of aromatic amines is 3. The van der Waals surface area contributed by atoms with Gasteiger partial charge in [0.25, 0.3) is 23.6 Å². The summed E-state index contributed by atoms with van der Waals surface area (Å²) in [5.74, 6) is 3.89. The van der Waals surface area contributed by atoms with Gasteiger partial charge in [-0.2, -0.15) is 29.9 Å². The fraction of sp³-hybridized carbons (Fsp3) is 0.337. The predicted molar refractivity (Wildman–Crippen MR) is 477 cm³/mol. The van der Waals surface area contributed by atoms with Crippen molar-refractivity contribution < 1.29 is 66.3 Å². The van der Waals surface area contributed by atoms with Crippen molar-refractivity contribution in [3.63, 3.8) is 0 Å². The fourth-order valence-corrected chi connectivity index (χ4v) is 16.2. The number of aryl methyl sites for hydroxylation is 2. The van der Waals surface area contributed by atoms with Crippen molar-refractivity contribution in [1.29, 1.82) is 0 Å². The third-order valence-corrected chi connectivity index (χ3v) is 22.9. The second-order valence-electron chi connectivity index (χ2n) is 31.5. The second-order valence-corrected chi connectivity index (χ2v) is 31.5. The Balaban J connectivity index is 0.000000139. The number of benzene rings is 6. The largest absolute Gasteiger partial charge is 0.495 e. The van der Waals surface area contributed by atoms with E-state index in [4.69, 9.17) is 78.0 Å². The van der Waals surface area contributed by atoms with Gasteiger partial charge in [-0.15, -0.1) is 0 Å². The van der Waals surface area contributed by atoms with E-state index in [-0.39, 0.29) is 68.1 Å². The molecule has 0 spiro atoms. The van der Waals surface area contributed by atoms with Gasteiger partial charge in [0.2, 0.25) is 41.4 Å². The number of nitrogens with zero attached hydrogens (tertiary/aromatic N) is 11. The molecule has 0 bridgehead atoms. The first-order valence-electron chi connectivity index (χ1n) is 42.2. The molecule has 8 aromatic heterocycles. The van der Waals surface area contributed by atoms with Gasteiger partial charge in [0.15, 0.2) is 22.9 Å². The van der Waals surface area contributed by atoms with Crippen LogP contribution in [0.25, 0.3) is 88.7 Å². The number of carbonyl (C=O) groups excluding carboxylic acids is 5. The van der Waals surface area contributed by atoms with Crippen LogP contribution in [-0.2, 0) is 4.79 Å². The Morgan fingerprint density at radius 2 is 0.897 bits per heavy atom. The monoisotopic (exact) mass is 1710 g/mol. The smallest absolute Gasteiger partial charge is 0.254 e. The molecule has 9 heterocycles. The number of aliphatic hydroxyl groups excluding tert-OH is 1. The average Bonchev–Trinajstić information content (AvgIpc) is 1.61. The zero-order valence-electron chi connectivity index (χ0n) is 71.3. The first-order chi connectivity index (χ1) is 61.2. The number of primary amides is 1. The number of fused-ring (bicyclic) bond motifs is 5. The summed E-state index contributed by atoms with van der Waals surface area (Å²) in [6, 6.07) is 34.6. The van der Waals surface area contributed by atoms with Crippen molar-refractivity contribution in [2.24, 2.45) is 5.73 Å². The maximum Gasteiger partial charge on any atom is 0.254 e. The van der Waals surface area contributed by atoms with Gasteiger partial charge < -0.3 is 104 Å². The fourth-order valence-electron chi connectivity index (χ4n) is 16.2. The standard InChI is InChI=1S/C32H35N7O4.C31H33N7O5.C29H32N6O5/c1-19-34-25-10-8-20(16-27(25)42-19)23-18-33-29-28(23)30(43-22-6-4-5-7-22)37-32(36-29)35-24-11-9-21(17-26(24)41-3)31(40)39-14-12-38(2)13-15-39;1-17-34-23-10-8-18(14-25(23)42-17)21-16-33-28-27(21)29(43-20-6-4-5-7-20)37-31(36-28)35-22-11-9-19(15-24(22)41-3)30(40)38(2)13-12-26(32)39;1-30-26(37)18-9-7-17(8-10-18)21-16-32-25-24(21)28(40-20-5-3-4-6-20)35-29(34-25)33-22-12-11-19(15-23(22)39-2)27(38)31-13-14-36/h8-11,16-18,22H,4-7,12-15H2,1-3H3,(H2,33,35,36,37);8-11,14-16,20H,4-7,12-13H2,1-3H3,(H2,32,39)(H2,33,35,36,37);7-12,15-16,20,36H,3-6,13-14H2,1-2H3,(H,30,37)(H,31,38)(H2,32,33,34,35). The average molecular weight is 1710 g/mol. The van der Waals surface area contributed by atoms with Gasteiger partial charge in [-0.3, -0.25) is 24.0 Å². The van der Waals surface area contributed by atoms with Crippen LogP contribution in [0.15, 0.2) is 143 Å². The number of ether oxygens (including phenoxy) is 6. The van der Waals surface area contributed by atoms with E-state index in [0.717, 1.165) is 156 Å². The molecule has 5 amide bonds. The lowest BCUT2D eigenvalue weighted by atomic mass is 10.0. The van der Waals surface area contributed by atoms with Gasteiger partial charge in [-0.05, 0) is 192 Å². The summed E-state index contributed by atoms with van der Waals surface area (Å²) in [5, 5.41) is 26.3. The van der Waals surface area contributed by atoms with E-state index in [0.29, 0.717) is 139 Å². The van der Waals surface area contributed by atoms with Crippen LogP contribution in [0, 0.1) is 13.8 Å². The zero-order chi connectivity index (χ0) is 87.6. The maximum atomic E-state index is 13.2. The summed E-state index contributed by atoms with van der Waals surface area (Å²) in [5.41, 5.74) is 19.3. The minimum absolute atomic E-state index is 0.000428. The molecule has 34 nitrogen and oxygen atoms in total. The van der Waals surface area contributed by atoms with Crippen LogP contribution < -0.4 is 60.7 Å². The number of hydrogen-bond acceptors (Lipinski definition) is 26. The van der Waals surface area contributed by atoms with E-state index in [1.165, 1.54) is 19.1 Å². The van der Waals surface area contributed by atoms with E-state index < -0.39 is 5.91 Å². The molecular weight excluding hydrogens is 1610 g/mol. The van der Waals surface area contributed by atoms with Gasteiger partial charge in [0, 0.05) is 131 Å². The molecule has 6 aromatic carbocycles. The van der Waals surface area contributed by atoms with Gasteiger partial charge in [0.05, 0.1) is 61.2 Å². The van der Waals surface area contributed by atoms with Crippen molar-refractivity contribution >= 4 is 120 Å². The number of H-pyrrole nitrogens is 3. The Hall–Kier alpha value is -14.4. The Kier molecular flexibility index (Phi) is 25.8. The number of aliphatic hydroxyl groups is 1. The summed E-state index contributed by atoms with van der Waals surface area (Å²) in [7, 11) is 9.92. The van der Waals surface area contributed by atoms with Gasteiger partial charge in [-0.1, -0.05) is 24.3 Å². The van der Waals surface area contributed by atoms with Crippen molar-refractivity contribution in [2.45, 2.75) is 116 Å². The van der Waals surface area contributed by atoms with Crippen molar-refractivity contribution in [1.82, 2.24) is 80.2 Å². The second kappa shape index (κ2) is 38.1. The lowest BCUT2D eigenvalue weighted by molar-refractivity contribution is -0.118. The number of hydrogen-bond donors (Lipinski definition) is 10. The number of rotatable bonds is 27. The molecule has 3 aliphatic carbocycles. The van der Waals surface area contributed by atoms with E-state index in [1.54, 1.807) is 75.8 Å². The molecule has 1 saturated heterocycles. The molecular formula is C92H100N20O14. The van der Waals surface area contributed by atoms with Crippen molar-refractivity contribution in [3.05, 3.63) is 168 Å². The molecule has 18 rings (SSSR count). The van der Waals surface area contributed by atoms with E-state index in [9.17, 15) is 24.0 Å². The minimum atomic E-state index is -0.467. The Morgan fingerprint density at radius 3 is 1.32 bits per heavy atom. The number of likely N-dealkylation sites (N-methyl/N-ethyl adjacent to an activating group) is 1.